The van der Waals surface area contributed by atoms with E-state index >= 15 is 0 Å². The van der Waals surface area contributed by atoms with Crippen LogP contribution in [0.1, 0.15) is 305 Å². The Morgan fingerprint density at radius 2 is 0.683 bits per heavy atom. The van der Waals surface area contributed by atoms with Crippen molar-refractivity contribution in [1.29, 1.82) is 0 Å². The van der Waals surface area contributed by atoms with Gasteiger partial charge in [-0.2, -0.15) is 0 Å². The summed E-state index contributed by atoms with van der Waals surface area (Å²) in [6, 6.07) is 0. The van der Waals surface area contributed by atoms with Gasteiger partial charge in [-0.1, -0.05) is 284 Å². The van der Waals surface area contributed by atoms with Crippen LogP contribution in [0, 0.1) is 11.8 Å². The zero-order valence-corrected chi connectivity index (χ0v) is 41.8. The Labute approximate surface area is 377 Å². The molecule has 0 saturated carbocycles. The first-order valence-corrected chi connectivity index (χ1v) is 27.0. The second-order valence-electron chi connectivity index (χ2n) is 19.0. The Hall–Kier alpha value is -1.58. The van der Waals surface area contributed by atoms with E-state index in [0.29, 0.717) is 29.6 Å². The quantitative estimate of drug-likeness (QED) is 0.0377. The lowest BCUT2D eigenvalue weighted by molar-refractivity contribution is -0.140. The van der Waals surface area contributed by atoms with Crippen LogP contribution in [-0.2, 0) is 14.3 Å². The predicted octanol–water partition coefficient (Wildman–Crippen LogP) is 19.4. The Balaban J connectivity index is 0. The average Bonchev–Trinajstić information content (AvgIpc) is 3.24. The number of esters is 1. The van der Waals surface area contributed by atoms with Crippen molar-refractivity contribution in [3.63, 3.8) is 0 Å². The topological polar surface area (TPSA) is 63.6 Å². The molecular formula is C56H108O4. The summed E-state index contributed by atoms with van der Waals surface area (Å²) in [4.78, 5) is 22.9. The van der Waals surface area contributed by atoms with Gasteiger partial charge in [0.15, 0.2) is 0 Å². The van der Waals surface area contributed by atoms with Gasteiger partial charge in [-0.15, -0.1) is 0 Å². The number of carbonyl (C=O) groups excluding carboxylic acids is 1. The maximum atomic E-state index is 11.8. The number of carboxylic acid groups (broad SMARTS) is 1. The monoisotopic (exact) mass is 845 g/mol. The van der Waals surface area contributed by atoms with Crippen molar-refractivity contribution in [3.8, 4) is 0 Å². The largest absolute Gasteiger partial charge is 0.478 e. The average molecular weight is 845 g/mol. The van der Waals surface area contributed by atoms with Gasteiger partial charge in [-0.3, -0.25) is 0 Å². The molecule has 0 aromatic rings. The van der Waals surface area contributed by atoms with Gasteiger partial charge >= 0.3 is 11.9 Å². The Morgan fingerprint density at radius 1 is 0.433 bits per heavy atom. The van der Waals surface area contributed by atoms with Gasteiger partial charge in [0.05, 0.1) is 6.61 Å². The first-order valence-electron chi connectivity index (χ1n) is 27.0. The summed E-state index contributed by atoms with van der Waals surface area (Å²) in [6.07, 6.45) is 57.3. The minimum atomic E-state index is -0.764. The molecule has 0 aromatic carbocycles. The summed E-state index contributed by atoms with van der Waals surface area (Å²) in [5.74, 6) is 0.217. The van der Waals surface area contributed by atoms with E-state index < -0.39 is 5.97 Å². The van der Waals surface area contributed by atoms with Crippen LogP contribution in [0.25, 0.3) is 0 Å². The third-order valence-corrected chi connectivity index (χ3v) is 12.8. The highest BCUT2D eigenvalue weighted by molar-refractivity contribution is 5.87. The summed E-state index contributed by atoms with van der Waals surface area (Å²) in [5.41, 5.74) is 1.03. The van der Waals surface area contributed by atoms with Crippen LogP contribution >= 0.6 is 0 Å². The summed E-state index contributed by atoms with van der Waals surface area (Å²) in [6.45, 7) is 16.9. The van der Waals surface area contributed by atoms with Crippen LogP contribution in [0.4, 0.5) is 0 Å². The van der Waals surface area contributed by atoms with Gasteiger partial charge in [0.2, 0.25) is 0 Å². The fourth-order valence-electron chi connectivity index (χ4n) is 8.41. The summed E-state index contributed by atoms with van der Waals surface area (Å²) >= 11 is 0. The minimum Gasteiger partial charge on any atom is -0.478 e. The molecule has 0 rings (SSSR count). The van der Waals surface area contributed by atoms with Crippen molar-refractivity contribution in [1.82, 2.24) is 0 Å². The predicted molar refractivity (Wildman–Crippen MR) is 266 cm³/mol. The second kappa shape index (κ2) is 50.1. The van der Waals surface area contributed by atoms with Crippen LogP contribution in [-0.4, -0.2) is 23.7 Å². The maximum absolute atomic E-state index is 11.8. The highest BCUT2D eigenvalue weighted by Gasteiger charge is 2.13. The van der Waals surface area contributed by atoms with Crippen molar-refractivity contribution in [2.45, 2.75) is 305 Å². The number of unbranched alkanes of at least 4 members (excludes halogenated alkanes) is 32. The van der Waals surface area contributed by atoms with Crippen LogP contribution in [0.15, 0.2) is 23.8 Å². The van der Waals surface area contributed by atoms with Gasteiger partial charge in [0, 0.05) is 11.1 Å². The molecule has 60 heavy (non-hydrogen) atoms. The molecule has 0 bridgehead atoms. The van der Waals surface area contributed by atoms with E-state index in [0.717, 1.165) is 6.42 Å². The molecule has 0 aromatic heterocycles. The number of hydrogen-bond acceptors (Lipinski definition) is 3. The number of carboxylic acids is 1. The lowest BCUT2D eigenvalue weighted by Gasteiger charge is -2.17. The van der Waals surface area contributed by atoms with E-state index in [1.807, 2.05) is 6.08 Å². The van der Waals surface area contributed by atoms with Crippen molar-refractivity contribution >= 4 is 11.9 Å². The van der Waals surface area contributed by atoms with Crippen molar-refractivity contribution in [2.75, 3.05) is 6.61 Å². The van der Waals surface area contributed by atoms with E-state index in [1.165, 1.54) is 257 Å². The van der Waals surface area contributed by atoms with Crippen LogP contribution in [0.2, 0.25) is 0 Å². The number of hydrogen-bond donors (Lipinski definition) is 1. The third-order valence-electron chi connectivity index (χ3n) is 12.8. The molecule has 2 unspecified atom stereocenters. The molecule has 1 N–H and O–H groups in total. The molecule has 4 nitrogen and oxygen atoms in total. The molecule has 356 valence electrons. The van der Waals surface area contributed by atoms with Crippen LogP contribution in [0.3, 0.4) is 0 Å². The van der Waals surface area contributed by atoms with Gasteiger partial charge < -0.3 is 9.84 Å². The lowest BCUT2D eigenvalue weighted by Crippen LogP contribution is -2.15. The first kappa shape index (κ1) is 60.5. The van der Waals surface area contributed by atoms with Crippen molar-refractivity contribution in [3.05, 3.63) is 23.8 Å². The van der Waals surface area contributed by atoms with Crippen LogP contribution < -0.4 is 0 Å². The van der Waals surface area contributed by atoms with E-state index in [-0.39, 0.29) is 5.97 Å². The number of carbonyl (C=O) groups is 2. The Kier molecular flexibility index (Phi) is 50.5. The molecule has 0 fully saturated rings. The molecule has 0 saturated heterocycles. The molecule has 0 amide bonds. The minimum absolute atomic E-state index is 0.223. The second-order valence-corrected chi connectivity index (χ2v) is 19.0. The molecule has 0 radical (unpaired) electrons. The smallest absolute Gasteiger partial charge is 0.333 e. The molecule has 0 aliphatic heterocycles. The van der Waals surface area contributed by atoms with Crippen LogP contribution in [0.5, 0.6) is 0 Å². The molecule has 0 heterocycles. The fraction of sp³-hybridized carbons (Fsp3) is 0.893. The number of aliphatic carboxylic acids is 1. The SMILES string of the molecule is C=C(C)C(=O)OCC(CCCCCCCCCC)CCCCCCCCCCCC.CCCCCCCCCCCCC(CC=C(C)C(=O)O)CCCCCCCCCC. The summed E-state index contributed by atoms with van der Waals surface area (Å²) < 4.78 is 5.49. The highest BCUT2D eigenvalue weighted by Crippen LogP contribution is 2.24. The molecule has 0 aliphatic rings. The lowest BCUT2D eigenvalue weighted by atomic mass is 9.90. The number of allylic oxidation sites excluding steroid dienone is 1. The number of ether oxygens (including phenoxy) is 1. The van der Waals surface area contributed by atoms with E-state index in [9.17, 15) is 9.59 Å². The molecular weight excluding hydrogens is 737 g/mol. The van der Waals surface area contributed by atoms with E-state index in [4.69, 9.17) is 9.84 Å². The zero-order valence-electron chi connectivity index (χ0n) is 41.8. The molecule has 2 atom stereocenters. The maximum Gasteiger partial charge on any atom is 0.333 e. The van der Waals surface area contributed by atoms with Crippen molar-refractivity contribution in [2.24, 2.45) is 11.8 Å². The molecule has 4 heteroatoms. The third kappa shape index (κ3) is 47.5. The van der Waals surface area contributed by atoms with Crippen molar-refractivity contribution < 1.29 is 19.4 Å². The summed E-state index contributed by atoms with van der Waals surface area (Å²) in [7, 11) is 0. The number of rotatable bonds is 46. The Morgan fingerprint density at radius 3 is 0.933 bits per heavy atom. The van der Waals surface area contributed by atoms with Gasteiger partial charge in [0.1, 0.15) is 0 Å². The van der Waals surface area contributed by atoms with E-state index in [1.54, 1.807) is 13.8 Å². The summed E-state index contributed by atoms with van der Waals surface area (Å²) in [5, 5.41) is 9.13. The zero-order chi connectivity index (χ0) is 44.6. The van der Waals surface area contributed by atoms with Gasteiger partial charge in [0.25, 0.3) is 0 Å². The molecule has 0 aliphatic carbocycles. The Bertz CT molecular complexity index is 938. The fourth-order valence-corrected chi connectivity index (χ4v) is 8.41. The van der Waals surface area contributed by atoms with Gasteiger partial charge in [-0.05, 0) is 44.9 Å². The van der Waals surface area contributed by atoms with Gasteiger partial charge in [-0.25, -0.2) is 9.59 Å². The normalized spacial score (nSPS) is 12.5. The highest BCUT2D eigenvalue weighted by atomic mass is 16.5. The van der Waals surface area contributed by atoms with E-state index in [2.05, 4.69) is 34.3 Å². The molecule has 0 spiro atoms. The standard InChI is InChI=1S/2C28H54O2/c1-5-7-9-11-13-15-16-18-20-22-24-27(25-30-28(29)26(3)4)23-21-19-17-14-12-10-8-6-2;1-4-6-8-10-12-14-15-17-19-21-23-27(25-24-26(3)28(29)30)22-20-18-16-13-11-9-7-5-2/h27H,3,5-25H2,1-2,4H3;24,27H,4-23,25H2,1-3H3,(H,29,30). The first-order chi connectivity index (χ1) is 29.2.